The lowest BCUT2D eigenvalue weighted by atomic mass is 9.98. The number of rotatable bonds is 4. The largest absolute Gasteiger partial charge is 0.350 e. The maximum atomic E-state index is 13.2. The summed E-state index contributed by atoms with van der Waals surface area (Å²) in [4.78, 5) is 26.1. The lowest BCUT2D eigenvalue weighted by molar-refractivity contribution is -0.142. The highest BCUT2D eigenvalue weighted by atomic mass is 19.2. The number of nitrogens with one attached hydrogen (secondary N) is 1. The smallest absolute Gasteiger partial charge is 0.247 e. The first-order chi connectivity index (χ1) is 13.4. The van der Waals surface area contributed by atoms with Crippen molar-refractivity contribution >= 4 is 17.9 Å². The second-order valence-electron chi connectivity index (χ2n) is 8.41. The van der Waals surface area contributed by atoms with Crippen molar-refractivity contribution in [3.05, 3.63) is 41.2 Å². The first-order valence-corrected chi connectivity index (χ1v) is 9.85. The summed E-state index contributed by atoms with van der Waals surface area (Å²) in [6.07, 6.45) is 2.86. The zero-order chi connectivity index (χ0) is 22.3. The lowest BCUT2D eigenvalue weighted by Crippen LogP contribution is -2.60. The Balaban J connectivity index is 0.000000960. The molecule has 1 heterocycles. The van der Waals surface area contributed by atoms with Crippen LogP contribution in [0.5, 0.6) is 0 Å². The number of nitrogens with zero attached hydrogens (tertiary/aromatic N) is 1. The van der Waals surface area contributed by atoms with Gasteiger partial charge in [0.1, 0.15) is 6.04 Å². The van der Waals surface area contributed by atoms with Crippen LogP contribution >= 0.6 is 0 Å². The summed E-state index contributed by atoms with van der Waals surface area (Å²) in [5, 5.41) is 2.82. The third kappa shape index (κ3) is 7.91. The van der Waals surface area contributed by atoms with Gasteiger partial charge in [-0.05, 0) is 49.0 Å². The van der Waals surface area contributed by atoms with E-state index in [1.165, 1.54) is 11.0 Å². The number of halogens is 3. The van der Waals surface area contributed by atoms with Crippen molar-refractivity contribution in [2.24, 2.45) is 11.8 Å². The molecule has 0 saturated carbocycles. The molecule has 2 amide bonds. The first kappa shape index (κ1) is 24.7. The quantitative estimate of drug-likeness (QED) is 0.583. The van der Waals surface area contributed by atoms with E-state index in [0.717, 1.165) is 24.1 Å². The number of carbonyl (C=O) groups excluding carboxylic acids is 2. The van der Waals surface area contributed by atoms with Gasteiger partial charge < -0.3 is 10.2 Å². The Morgan fingerprint density at radius 2 is 1.69 bits per heavy atom. The van der Waals surface area contributed by atoms with Crippen LogP contribution in [0, 0.1) is 29.3 Å². The molecule has 2 unspecified atom stereocenters. The van der Waals surface area contributed by atoms with Crippen molar-refractivity contribution in [2.75, 3.05) is 6.54 Å². The van der Waals surface area contributed by atoms with Gasteiger partial charge in [-0.15, -0.1) is 0 Å². The maximum absolute atomic E-state index is 13.2. The highest BCUT2D eigenvalue weighted by Crippen LogP contribution is 2.18. The second-order valence-corrected chi connectivity index (χ2v) is 8.41. The molecule has 0 radical (unpaired) electrons. The van der Waals surface area contributed by atoms with E-state index in [1.807, 2.05) is 13.8 Å². The molecule has 2 rings (SSSR count). The lowest BCUT2D eigenvalue weighted by Gasteiger charge is -2.38. The fourth-order valence-electron chi connectivity index (χ4n) is 2.81. The van der Waals surface area contributed by atoms with E-state index in [0.29, 0.717) is 13.0 Å². The van der Waals surface area contributed by atoms with Crippen LogP contribution < -0.4 is 5.32 Å². The first-order valence-electron chi connectivity index (χ1n) is 9.85. The summed E-state index contributed by atoms with van der Waals surface area (Å²) in [7, 11) is 0. The van der Waals surface area contributed by atoms with Crippen molar-refractivity contribution in [1.82, 2.24) is 10.2 Å². The average molecular weight is 412 g/mol. The molecule has 1 aromatic carbocycles. The van der Waals surface area contributed by atoms with E-state index in [9.17, 15) is 22.8 Å². The minimum Gasteiger partial charge on any atom is -0.350 e. The Bertz CT molecular complexity index is 722. The maximum Gasteiger partial charge on any atom is 0.247 e. The van der Waals surface area contributed by atoms with E-state index in [1.54, 1.807) is 6.92 Å². The van der Waals surface area contributed by atoms with Gasteiger partial charge in [-0.3, -0.25) is 9.59 Å². The molecule has 7 heteroatoms. The van der Waals surface area contributed by atoms with E-state index in [4.69, 9.17) is 0 Å². The van der Waals surface area contributed by atoms with Crippen LogP contribution in [0.15, 0.2) is 18.2 Å². The fourth-order valence-corrected chi connectivity index (χ4v) is 2.81. The predicted molar refractivity (Wildman–Crippen MR) is 108 cm³/mol. The Labute approximate surface area is 171 Å². The molecule has 0 aromatic heterocycles. The standard InChI is InChI=1S/C18H21F3N2O2.C4H10/c1-10(2)6-15-18(25)22-11(3)9-23(15)16(24)5-4-12-7-13(19)17(21)14(20)8-12;1-4(2)3/h4-5,7-8,10-11,15H,6,9H2,1-3H3,(H,22,25);4H,1-3H3/b5-4+;. The predicted octanol–water partition coefficient (Wildman–Crippen LogP) is 4.54. The van der Waals surface area contributed by atoms with Gasteiger partial charge in [0, 0.05) is 18.7 Å². The van der Waals surface area contributed by atoms with E-state index in [2.05, 4.69) is 26.1 Å². The van der Waals surface area contributed by atoms with Gasteiger partial charge in [-0.1, -0.05) is 34.6 Å². The normalized spacial score (nSPS) is 19.4. The Morgan fingerprint density at radius 3 is 2.17 bits per heavy atom. The van der Waals surface area contributed by atoms with Crippen LogP contribution in [-0.4, -0.2) is 35.3 Å². The van der Waals surface area contributed by atoms with Crippen molar-refractivity contribution < 1.29 is 22.8 Å². The van der Waals surface area contributed by atoms with E-state index >= 15 is 0 Å². The van der Waals surface area contributed by atoms with Crippen LogP contribution in [0.2, 0.25) is 0 Å². The molecule has 1 aromatic rings. The summed E-state index contributed by atoms with van der Waals surface area (Å²) >= 11 is 0. The summed E-state index contributed by atoms with van der Waals surface area (Å²) in [6.45, 7) is 12.5. The molecule has 1 N–H and O–H groups in total. The molecule has 0 bridgehead atoms. The highest BCUT2D eigenvalue weighted by molar-refractivity contribution is 5.96. The molecular weight excluding hydrogens is 381 g/mol. The Kier molecular flexibility index (Phi) is 9.40. The van der Waals surface area contributed by atoms with Crippen molar-refractivity contribution in [1.29, 1.82) is 0 Å². The minimum absolute atomic E-state index is 0.0275. The van der Waals surface area contributed by atoms with Crippen molar-refractivity contribution in [3.63, 3.8) is 0 Å². The number of hydrogen-bond acceptors (Lipinski definition) is 2. The molecule has 1 aliphatic rings. The number of amides is 2. The van der Waals surface area contributed by atoms with Gasteiger partial charge >= 0.3 is 0 Å². The van der Waals surface area contributed by atoms with Gasteiger partial charge in [-0.25, -0.2) is 13.2 Å². The van der Waals surface area contributed by atoms with Gasteiger partial charge in [0.15, 0.2) is 17.5 Å². The Morgan fingerprint density at radius 1 is 1.17 bits per heavy atom. The van der Waals surface area contributed by atoms with E-state index in [-0.39, 0.29) is 23.4 Å². The van der Waals surface area contributed by atoms with Gasteiger partial charge in [-0.2, -0.15) is 0 Å². The van der Waals surface area contributed by atoms with Crippen LogP contribution in [0.3, 0.4) is 0 Å². The molecule has 1 saturated heterocycles. The SMILES string of the molecule is CC(C)C.CC(C)CC1C(=O)NC(C)CN1C(=O)/C=C/c1cc(F)c(F)c(F)c1. The molecular formula is C22H31F3N2O2. The van der Waals surface area contributed by atoms with Crippen LogP contribution in [0.25, 0.3) is 6.08 Å². The van der Waals surface area contributed by atoms with Crippen LogP contribution in [-0.2, 0) is 9.59 Å². The highest BCUT2D eigenvalue weighted by Gasteiger charge is 2.35. The van der Waals surface area contributed by atoms with Gasteiger partial charge in [0.05, 0.1) is 0 Å². The number of carbonyl (C=O) groups is 2. The van der Waals surface area contributed by atoms with Gasteiger partial charge in [0.25, 0.3) is 0 Å². The minimum atomic E-state index is -1.55. The van der Waals surface area contributed by atoms with E-state index < -0.39 is 29.4 Å². The Hall–Kier alpha value is -2.31. The number of piperazine rings is 1. The molecule has 0 spiro atoms. The molecule has 2 atom stereocenters. The van der Waals surface area contributed by atoms with Crippen molar-refractivity contribution in [3.8, 4) is 0 Å². The second kappa shape index (κ2) is 11.0. The summed E-state index contributed by atoms with van der Waals surface area (Å²) < 4.78 is 39.4. The molecule has 29 heavy (non-hydrogen) atoms. The molecule has 1 fully saturated rings. The third-order valence-corrected chi connectivity index (χ3v) is 3.94. The summed E-state index contributed by atoms with van der Waals surface area (Å²) in [5.41, 5.74) is 0.0275. The molecule has 0 aliphatic carbocycles. The molecule has 162 valence electrons. The molecule has 1 aliphatic heterocycles. The third-order valence-electron chi connectivity index (χ3n) is 3.94. The topological polar surface area (TPSA) is 49.4 Å². The zero-order valence-corrected chi connectivity index (χ0v) is 17.9. The summed E-state index contributed by atoms with van der Waals surface area (Å²) in [6, 6.07) is 0.836. The molecule has 4 nitrogen and oxygen atoms in total. The average Bonchev–Trinajstić information content (AvgIpc) is 2.58. The van der Waals surface area contributed by atoms with Crippen molar-refractivity contribution in [2.45, 2.75) is 60.0 Å². The van der Waals surface area contributed by atoms with Crippen LogP contribution in [0.4, 0.5) is 13.2 Å². The van der Waals surface area contributed by atoms with Crippen LogP contribution in [0.1, 0.15) is 53.5 Å². The zero-order valence-electron chi connectivity index (χ0n) is 17.9. The monoisotopic (exact) mass is 412 g/mol. The summed E-state index contributed by atoms with van der Waals surface area (Å²) in [5.74, 6) is -3.80. The van der Waals surface area contributed by atoms with Gasteiger partial charge in [0.2, 0.25) is 11.8 Å². The number of benzene rings is 1. The number of hydrogen-bond donors (Lipinski definition) is 1. The fraction of sp³-hybridized carbons (Fsp3) is 0.545.